The second kappa shape index (κ2) is 9.46. The van der Waals surface area contributed by atoms with Gasteiger partial charge in [0.1, 0.15) is 13.2 Å². The Labute approximate surface area is 193 Å². The van der Waals surface area contributed by atoms with Gasteiger partial charge in [-0.2, -0.15) is 0 Å². The zero-order valence-electron chi connectivity index (χ0n) is 20.1. The summed E-state index contributed by atoms with van der Waals surface area (Å²) in [5.74, 6) is -0.0900. The molecule has 6 heteroatoms. The van der Waals surface area contributed by atoms with E-state index >= 15 is 0 Å². The maximum absolute atomic E-state index is 12.8. The van der Waals surface area contributed by atoms with Gasteiger partial charge in [-0.05, 0) is 102 Å². The topological polar surface area (TPSA) is 76.7 Å². The van der Waals surface area contributed by atoms with Gasteiger partial charge in [0.25, 0.3) is 0 Å². The number of rotatable bonds is 10. The van der Waals surface area contributed by atoms with Gasteiger partial charge in [-0.3, -0.25) is 9.59 Å². The van der Waals surface area contributed by atoms with E-state index in [0.717, 1.165) is 90.1 Å². The molecule has 4 bridgehead atoms. The summed E-state index contributed by atoms with van der Waals surface area (Å²) in [4.78, 5) is 25.6. The number of fused-ring (bicyclic) bond motifs is 6. The van der Waals surface area contributed by atoms with Crippen LogP contribution in [0, 0.1) is 10.8 Å². The largest absolute Gasteiger partial charge is 0.461 e. The highest BCUT2D eigenvalue weighted by molar-refractivity contribution is 5.78. The van der Waals surface area contributed by atoms with Crippen LogP contribution in [0.15, 0.2) is 12.2 Å². The van der Waals surface area contributed by atoms with E-state index in [1.807, 2.05) is 12.2 Å². The summed E-state index contributed by atoms with van der Waals surface area (Å²) in [6.45, 7) is 6.81. The van der Waals surface area contributed by atoms with Crippen LogP contribution in [-0.4, -0.2) is 49.3 Å². The van der Waals surface area contributed by atoms with Gasteiger partial charge in [-0.25, -0.2) is 0 Å². The van der Waals surface area contributed by atoms with Crippen LogP contribution in [-0.2, 0) is 19.1 Å². The van der Waals surface area contributed by atoms with E-state index in [-0.39, 0.29) is 47.1 Å². The van der Waals surface area contributed by atoms with Crippen LogP contribution in [0.3, 0.4) is 0 Å². The first kappa shape index (κ1) is 23.7. The highest BCUT2D eigenvalue weighted by Gasteiger charge is 2.53. The molecule has 6 aliphatic rings. The van der Waals surface area contributed by atoms with Crippen molar-refractivity contribution < 1.29 is 19.1 Å². The van der Waals surface area contributed by atoms with Crippen LogP contribution >= 0.6 is 0 Å². The van der Waals surface area contributed by atoms with Gasteiger partial charge in [0.05, 0.1) is 10.8 Å². The van der Waals surface area contributed by atoms with Crippen LogP contribution in [0.2, 0.25) is 0 Å². The van der Waals surface area contributed by atoms with Crippen molar-refractivity contribution in [2.45, 2.75) is 102 Å². The third-order valence-corrected chi connectivity index (χ3v) is 9.25. The summed E-state index contributed by atoms with van der Waals surface area (Å²) in [5, 5.41) is 7.30. The Bertz CT molecular complexity index is 622. The van der Waals surface area contributed by atoms with Gasteiger partial charge in [-0.1, -0.05) is 13.8 Å². The molecule has 6 fully saturated rings. The smallest absolute Gasteiger partial charge is 0.312 e. The molecule has 0 heterocycles. The molecule has 0 aromatic heterocycles. The van der Waals surface area contributed by atoms with Crippen molar-refractivity contribution in [3.05, 3.63) is 12.2 Å². The Morgan fingerprint density at radius 3 is 1.22 bits per heavy atom. The van der Waals surface area contributed by atoms with Crippen molar-refractivity contribution in [3.8, 4) is 0 Å². The van der Waals surface area contributed by atoms with Gasteiger partial charge in [0.15, 0.2) is 0 Å². The Morgan fingerprint density at radius 2 is 0.938 bits per heavy atom. The third kappa shape index (κ3) is 4.50. The fourth-order valence-electron chi connectivity index (χ4n) is 6.95. The van der Waals surface area contributed by atoms with Gasteiger partial charge < -0.3 is 20.1 Å². The quantitative estimate of drug-likeness (QED) is 0.390. The maximum Gasteiger partial charge on any atom is 0.312 e. The summed E-state index contributed by atoms with van der Waals surface area (Å²) >= 11 is 0. The van der Waals surface area contributed by atoms with Crippen molar-refractivity contribution in [2.75, 3.05) is 26.3 Å². The number of carbonyl (C=O) groups excluding carboxylic acids is 2. The lowest BCUT2D eigenvalue weighted by Crippen LogP contribution is -2.57. The third-order valence-electron chi connectivity index (χ3n) is 9.25. The molecule has 6 saturated carbocycles. The average Bonchev–Trinajstić information content (AvgIpc) is 2.83. The minimum absolute atomic E-state index is 0.0450. The van der Waals surface area contributed by atoms with Crippen molar-refractivity contribution >= 4 is 11.9 Å². The van der Waals surface area contributed by atoms with E-state index < -0.39 is 0 Å². The molecule has 0 spiro atoms. The predicted octanol–water partition coefficient (Wildman–Crippen LogP) is 4.03. The fourth-order valence-corrected chi connectivity index (χ4v) is 6.95. The number of hydrogen-bond donors (Lipinski definition) is 2. The van der Waals surface area contributed by atoms with Gasteiger partial charge in [-0.15, -0.1) is 0 Å². The van der Waals surface area contributed by atoms with E-state index in [2.05, 4.69) is 24.5 Å². The van der Waals surface area contributed by atoms with Crippen molar-refractivity contribution in [2.24, 2.45) is 10.8 Å². The molecule has 0 aliphatic heterocycles. The maximum atomic E-state index is 12.8. The highest BCUT2D eigenvalue weighted by Crippen LogP contribution is 2.54. The Balaban J connectivity index is 1.16. The van der Waals surface area contributed by atoms with E-state index in [4.69, 9.17) is 9.47 Å². The first-order chi connectivity index (χ1) is 15.4. The molecule has 0 unspecified atom stereocenters. The predicted molar refractivity (Wildman–Crippen MR) is 124 cm³/mol. The number of ether oxygens (including phenoxy) is 2. The molecule has 0 saturated heterocycles. The van der Waals surface area contributed by atoms with E-state index in [1.165, 1.54) is 0 Å². The average molecular weight is 447 g/mol. The lowest BCUT2D eigenvalue weighted by atomic mass is 9.57. The molecular formula is C26H42N2O4. The number of carbonyl (C=O) groups is 2. The van der Waals surface area contributed by atoms with Gasteiger partial charge in [0.2, 0.25) is 0 Å². The fraction of sp³-hybridized carbons (Fsp3) is 0.846. The standard InChI is InChI=1S/C26H42N2O4/c1-3-27-25-13-7-23(8-14-25,9-15-25)21(29)31-19-5-6-20-32-22(30)24-10-16-26(17-11-24,18-12-24)28-4-2/h5-6,27-28H,3-4,7-20H2,1-2H3/b6-5+. The van der Waals surface area contributed by atoms with Crippen LogP contribution in [0.5, 0.6) is 0 Å². The first-order valence-corrected chi connectivity index (χ1v) is 12.9. The molecular weight excluding hydrogens is 404 g/mol. The van der Waals surface area contributed by atoms with E-state index in [9.17, 15) is 9.59 Å². The summed E-state index contributed by atoms with van der Waals surface area (Å²) < 4.78 is 11.2. The number of hydrogen-bond acceptors (Lipinski definition) is 6. The molecule has 0 amide bonds. The summed E-state index contributed by atoms with van der Waals surface area (Å²) in [5.41, 5.74) is -0.0453. The molecule has 0 aromatic rings. The second-order valence-electron chi connectivity index (χ2n) is 10.9. The lowest BCUT2D eigenvalue weighted by molar-refractivity contribution is -0.163. The minimum atomic E-state index is -0.277. The van der Waals surface area contributed by atoms with Crippen LogP contribution in [0.25, 0.3) is 0 Å². The number of esters is 2. The zero-order valence-corrected chi connectivity index (χ0v) is 20.1. The lowest BCUT2D eigenvalue weighted by Gasteiger charge is -2.52. The van der Waals surface area contributed by atoms with E-state index in [1.54, 1.807) is 0 Å². The van der Waals surface area contributed by atoms with Crippen molar-refractivity contribution in [1.29, 1.82) is 0 Å². The monoisotopic (exact) mass is 446 g/mol. The summed E-state index contributed by atoms with van der Waals surface area (Å²) in [6.07, 6.45) is 15.6. The summed E-state index contributed by atoms with van der Waals surface area (Å²) in [6, 6.07) is 0. The molecule has 180 valence electrons. The van der Waals surface area contributed by atoms with Crippen molar-refractivity contribution in [3.63, 3.8) is 0 Å². The molecule has 32 heavy (non-hydrogen) atoms. The minimum Gasteiger partial charge on any atom is -0.461 e. The normalized spacial score (nSPS) is 38.2. The second-order valence-corrected chi connectivity index (χ2v) is 10.9. The molecule has 2 N–H and O–H groups in total. The Hall–Kier alpha value is -1.40. The van der Waals surface area contributed by atoms with Crippen molar-refractivity contribution in [1.82, 2.24) is 10.6 Å². The molecule has 0 atom stereocenters. The number of nitrogens with one attached hydrogen (secondary N) is 2. The molecule has 0 aromatic carbocycles. The molecule has 6 nitrogen and oxygen atoms in total. The SMILES string of the molecule is CCNC12CCC(C(=O)OC/C=C/COC(=O)C34CCC(NCC)(CC3)CC4)(CC1)CC2. The first-order valence-electron chi connectivity index (χ1n) is 12.9. The summed E-state index contributed by atoms with van der Waals surface area (Å²) in [7, 11) is 0. The zero-order chi connectivity index (χ0) is 22.7. The molecule has 6 aliphatic carbocycles. The highest BCUT2D eigenvalue weighted by atomic mass is 16.5. The van der Waals surface area contributed by atoms with Gasteiger partial charge in [0, 0.05) is 11.1 Å². The van der Waals surface area contributed by atoms with Crippen LogP contribution < -0.4 is 10.6 Å². The van der Waals surface area contributed by atoms with Gasteiger partial charge >= 0.3 is 11.9 Å². The molecule has 6 rings (SSSR count). The molecule has 0 radical (unpaired) electrons. The Kier molecular flexibility index (Phi) is 7.02. The van der Waals surface area contributed by atoms with Crippen LogP contribution in [0.4, 0.5) is 0 Å². The van der Waals surface area contributed by atoms with Crippen LogP contribution in [0.1, 0.15) is 90.9 Å². The van der Waals surface area contributed by atoms with E-state index in [0.29, 0.717) is 0 Å². The Morgan fingerprint density at radius 1 is 0.625 bits per heavy atom.